The van der Waals surface area contributed by atoms with Crippen molar-refractivity contribution in [3.8, 4) is 11.1 Å². The van der Waals surface area contributed by atoms with Gasteiger partial charge in [-0.2, -0.15) is 4.73 Å². The van der Waals surface area contributed by atoms with Crippen molar-refractivity contribution in [3.63, 3.8) is 0 Å². The van der Waals surface area contributed by atoms with Gasteiger partial charge in [0.05, 0.1) is 6.20 Å². The lowest BCUT2D eigenvalue weighted by atomic mass is 10.0. The molecule has 4 heteroatoms. The number of rotatable bonds is 3. The minimum absolute atomic E-state index is 0.385. The maximum Gasteiger partial charge on any atom is 0.286 e. The first-order valence-corrected chi connectivity index (χ1v) is 7.67. The van der Waals surface area contributed by atoms with Gasteiger partial charge in [0.2, 0.25) is 0 Å². The number of pyridine rings is 1. The minimum Gasteiger partial charge on any atom is -0.425 e. The molecule has 2 aromatic carbocycles. The molecule has 0 radical (unpaired) electrons. The second-order valence-corrected chi connectivity index (χ2v) is 5.99. The molecule has 0 aliphatic rings. The highest BCUT2D eigenvalue weighted by molar-refractivity contribution is 9.10. The molecule has 1 aromatic heterocycles. The first-order chi connectivity index (χ1) is 10.6. The van der Waals surface area contributed by atoms with Crippen LogP contribution in [0.15, 0.2) is 76.1 Å². The molecule has 0 saturated heterocycles. The number of hydrogen-bond acceptors (Lipinski definition) is 2. The molecule has 0 bridgehead atoms. The maximum atomic E-state index is 12.1. The summed E-state index contributed by atoms with van der Waals surface area (Å²) in [4.78, 5) is 12.1. The third-order valence-corrected chi connectivity index (χ3v) is 4.02. The molecule has 22 heavy (non-hydrogen) atoms. The van der Waals surface area contributed by atoms with Crippen molar-refractivity contribution < 1.29 is 5.21 Å². The van der Waals surface area contributed by atoms with Crippen LogP contribution in [-0.4, -0.2) is 9.94 Å². The van der Waals surface area contributed by atoms with Crippen LogP contribution in [0.3, 0.4) is 0 Å². The molecule has 0 atom stereocenters. The Bertz CT molecular complexity index is 839. The summed E-state index contributed by atoms with van der Waals surface area (Å²) in [6, 6.07) is 19.3. The van der Waals surface area contributed by atoms with Gasteiger partial charge >= 0.3 is 0 Å². The zero-order valence-corrected chi connectivity index (χ0v) is 13.3. The standard InChI is InChI=1S/C18H14BrNO2/c19-17-8-6-14(7-9-17)16-11-15(18(21)20(22)12-16)10-13-4-2-1-3-5-13/h1-9,11-12,22H,10H2. The van der Waals surface area contributed by atoms with Gasteiger partial charge in [0.15, 0.2) is 0 Å². The van der Waals surface area contributed by atoms with Gasteiger partial charge in [0, 0.05) is 22.0 Å². The summed E-state index contributed by atoms with van der Waals surface area (Å²) in [7, 11) is 0. The molecule has 0 saturated carbocycles. The van der Waals surface area contributed by atoms with Crippen LogP contribution < -0.4 is 5.56 Å². The van der Waals surface area contributed by atoms with Crippen LogP contribution in [0.1, 0.15) is 11.1 Å². The summed E-state index contributed by atoms with van der Waals surface area (Å²) in [6.07, 6.45) is 1.94. The molecule has 0 aliphatic heterocycles. The number of nitrogens with zero attached hydrogens (tertiary/aromatic N) is 1. The van der Waals surface area contributed by atoms with E-state index in [9.17, 15) is 10.0 Å². The fourth-order valence-corrected chi connectivity index (χ4v) is 2.63. The highest BCUT2D eigenvalue weighted by Gasteiger charge is 2.08. The van der Waals surface area contributed by atoms with Crippen LogP contribution >= 0.6 is 15.9 Å². The van der Waals surface area contributed by atoms with E-state index >= 15 is 0 Å². The molecule has 1 heterocycles. The van der Waals surface area contributed by atoms with Crippen molar-refractivity contribution in [3.05, 3.63) is 92.8 Å². The van der Waals surface area contributed by atoms with Gasteiger partial charge in [-0.05, 0) is 29.3 Å². The predicted octanol–water partition coefficient (Wildman–Crippen LogP) is 4.11. The number of benzene rings is 2. The molecule has 3 rings (SSSR count). The van der Waals surface area contributed by atoms with E-state index in [0.29, 0.717) is 16.7 Å². The summed E-state index contributed by atoms with van der Waals surface area (Å²) in [5.41, 5.74) is 2.97. The van der Waals surface area contributed by atoms with Crippen molar-refractivity contribution in [2.45, 2.75) is 6.42 Å². The topological polar surface area (TPSA) is 42.2 Å². The average Bonchev–Trinajstić information content (AvgIpc) is 2.53. The van der Waals surface area contributed by atoms with E-state index in [1.54, 1.807) is 0 Å². The zero-order chi connectivity index (χ0) is 15.5. The molecule has 0 amide bonds. The summed E-state index contributed by atoms with van der Waals surface area (Å²) in [5, 5.41) is 9.87. The van der Waals surface area contributed by atoms with Gasteiger partial charge in [0.1, 0.15) is 0 Å². The summed E-state index contributed by atoms with van der Waals surface area (Å²) >= 11 is 3.40. The van der Waals surface area contributed by atoms with Crippen LogP contribution in [-0.2, 0) is 6.42 Å². The Hall–Kier alpha value is -2.33. The van der Waals surface area contributed by atoms with Crippen LogP contribution in [0.4, 0.5) is 0 Å². The molecule has 0 aliphatic carbocycles. The lowest BCUT2D eigenvalue weighted by Gasteiger charge is -2.08. The Balaban J connectivity index is 2.03. The number of aromatic nitrogens is 1. The van der Waals surface area contributed by atoms with Gasteiger partial charge in [-0.15, -0.1) is 0 Å². The van der Waals surface area contributed by atoms with E-state index in [1.165, 1.54) is 6.20 Å². The van der Waals surface area contributed by atoms with Crippen molar-refractivity contribution >= 4 is 15.9 Å². The van der Waals surface area contributed by atoms with Crippen molar-refractivity contribution in [1.82, 2.24) is 4.73 Å². The molecule has 0 unspecified atom stereocenters. The van der Waals surface area contributed by atoms with Gasteiger partial charge in [-0.3, -0.25) is 4.79 Å². The second kappa shape index (κ2) is 6.20. The molecule has 3 nitrogen and oxygen atoms in total. The Morgan fingerprint density at radius 2 is 1.64 bits per heavy atom. The molecule has 3 aromatic rings. The first kappa shape index (κ1) is 14.6. The predicted molar refractivity (Wildman–Crippen MR) is 90.3 cm³/mol. The lowest BCUT2D eigenvalue weighted by molar-refractivity contribution is 0.174. The van der Waals surface area contributed by atoms with E-state index in [4.69, 9.17) is 0 Å². The Morgan fingerprint density at radius 3 is 2.32 bits per heavy atom. The van der Waals surface area contributed by atoms with Gasteiger partial charge < -0.3 is 5.21 Å². The molecule has 0 fully saturated rings. The largest absolute Gasteiger partial charge is 0.425 e. The number of hydrogen-bond donors (Lipinski definition) is 1. The number of halogens is 1. The quantitative estimate of drug-likeness (QED) is 0.718. The SMILES string of the molecule is O=c1c(Cc2ccccc2)cc(-c2ccc(Br)cc2)cn1O. The maximum absolute atomic E-state index is 12.1. The second-order valence-electron chi connectivity index (χ2n) is 5.07. The monoisotopic (exact) mass is 355 g/mol. The normalized spacial score (nSPS) is 10.6. The van der Waals surface area contributed by atoms with E-state index in [-0.39, 0.29) is 5.56 Å². The average molecular weight is 356 g/mol. The molecule has 110 valence electrons. The first-order valence-electron chi connectivity index (χ1n) is 6.88. The fraction of sp³-hybridized carbons (Fsp3) is 0.0556. The van der Waals surface area contributed by atoms with Crippen LogP contribution in [0.5, 0.6) is 0 Å². The van der Waals surface area contributed by atoms with E-state index in [2.05, 4.69) is 15.9 Å². The smallest absolute Gasteiger partial charge is 0.286 e. The molecule has 0 spiro atoms. The molecule has 1 N–H and O–H groups in total. The van der Waals surface area contributed by atoms with Crippen LogP contribution in [0, 0.1) is 0 Å². The summed E-state index contributed by atoms with van der Waals surface area (Å²) in [6.45, 7) is 0. The Morgan fingerprint density at radius 1 is 0.955 bits per heavy atom. The third-order valence-electron chi connectivity index (χ3n) is 3.49. The van der Waals surface area contributed by atoms with E-state index in [1.807, 2.05) is 60.7 Å². The van der Waals surface area contributed by atoms with Crippen molar-refractivity contribution in [1.29, 1.82) is 0 Å². The van der Waals surface area contributed by atoms with E-state index in [0.717, 1.165) is 21.2 Å². The van der Waals surface area contributed by atoms with Gasteiger partial charge in [-0.25, -0.2) is 0 Å². The zero-order valence-electron chi connectivity index (χ0n) is 11.7. The highest BCUT2D eigenvalue weighted by Crippen LogP contribution is 2.22. The van der Waals surface area contributed by atoms with E-state index < -0.39 is 0 Å². The van der Waals surface area contributed by atoms with Gasteiger partial charge in [0.25, 0.3) is 5.56 Å². The van der Waals surface area contributed by atoms with Crippen LogP contribution in [0.25, 0.3) is 11.1 Å². The molecular weight excluding hydrogens is 342 g/mol. The van der Waals surface area contributed by atoms with Crippen LogP contribution in [0.2, 0.25) is 0 Å². The highest BCUT2D eigenvalue weighted by atomic mass is 79.9. The summed E-state index contributed by atoms with van der Waals surface area (Å²) < 4.78 is 1.65. The third kappa shape index (κ3) is 3.12. The Kier molecular flexibility index (Phi) is 4.11. The lowest BCUT2D eigenvalue weighted by Crippen LogP contribution is -2.21. The Labute approximate surface area is 136 Å². The van der Waals surface area contributed by atoms with Gasteiger partial charge in [-0.1, -0.05) is 58.4 Å². The molecular formula is C18H14BrNO2. The van der Waals surface area contributed by atoms with Crippen molar-refractivity contribution in [2.24, 2.45) is 0 Å². The fourth-order valence-electron chi connectivity index (χ4n) is 2.37. The minimum atomic E-state index is -0.385. The summed E-state index contributed by atoms with van der Waals surface area (Å²) in [5.74, 6) is 0. The van der Waals surface area contributed by atoms with Crippen molar-refractivity contribution in [2.75, 3.05) is 0 Å².